The maximum Gasteiger partial charge on any atom is 0.356 e. The van der Waals surface area contributed by atoms with Gasteiger partial charge in [-0.15, -0.1) is 0 Å². The monoisotopic (exact) mass is 400 g/mol. The number of imidazole rings is 1. The Labute approximate surface area is 172 Å². The van der Waals surface area contributed by atoms with Crippen molar-refractivity contribution in [2.24, 2.45) is 0 Å². The van der Waals surface area contributed by atoms with Crippen LogP contribution in [0.5, 0.6) is 0 Å². The number of fused-ring (bicyclic) bond motifs is 1. The minimum absolute atomic E-state index is 0.154. The van der Waals surface area contributed by atoms with Crippen LogP contribution in [0.1, 0.15) is 40.6 Å². The van der Waals surface area contributed by atoms with Crippen LogP contribution in [-0.2, 0) is 4.74 Å². The van der Waals surface area contributed by atoms with Gasteiger partial charge < -0.3 is 9.30 Å². The van der Waals surface area contributed by atoms with Gasteiger partial charge in [-0.2, -0.15) is 0 Å². The van der Waals surface area contributed by atoms with E-state index in [4.69, 9.17) is 4.74 Å². The lowest BCUT2D eigenvalue weighted by Gasteiger charge is -2.12. The number of methoxy groups -OCH3 is 1. The Kier molecular flexibility index (Phi) is 4.24. The third-order valence-electron chi connectivity index (χ3n) is 5.44. The fourth-order valence-electron chi connectivity index (χ4n) is 3.71. The second-order valence-corrected chi connectivity index (χ2v) is 7.55. The number of carbonyl (C=O) groups excluding carboxylic acids is 1. The Morgan fingerprint density at radius 3 is 2.77 bits per heavy atom. The summed E-state index contributed by atoms with van der Waals surface area (Å²) in [6.45, 7) is 1.85. The van der Waals surface area contributed by atoms with Gasteiger partial charge in [0.15, 0.2) is 5.69 Å². The van der Waals surface area contributed by atoms with Crippen molar-refractivity contribution in [2.75, 3.05) is 7.11 Å². The van der Waals surface area contributed by atoms with Crippen molar-refractivity contribution >= 4 is 16.7 Å². The largest absolute Gasteiger partial charge is 0.464 e. The molecule has 3 aromatic heterocycles. The summed E-state index contributed by atoms with van der Waals surface area (Å²) in [4.78, 5) is 34.1. The summed E-state index contributed by atoms with van der Waals surface area (Å²) in [5.41, 5.74) is 2.67. The highest BCUT2D eigenvalue weighted by molar-refractivity contribution is 5.87. The minimum Gasteiger partial charge on any atom is -0.464 e. The Morgan fingerprint density at radius 1 is 1.17 bits per heavy atom. The van der Waals surface area contributed by atoms with Crippen LogP contribution in [0.4, 0.5) is 0 Å². The summed E-state index contributed by atoms with van der Waals surface area (Å²) in [6.07, 6.45) is 6.21. The highest BCUT2D eigenvalue weighted by atomic mass is 16.5. The quantitative estimate of drug-likeness (QED) is 0.490. The fraction of sp³-hybridized carbons (Fsp3) is 0.217. The summed E-state index contributed by atoms with van der Waals surface area (Å²) in [5, 5.41) is 1.43. The Morgan fingerprint density at radius 2 is 2.00 bits per heavy atom. The van der Waals surface area contributed by atoms with E-state index < -0.39 is 5.97 Å². The normalized spacial score (nSPS) is 13.5. The molecule has 150 valence electrons. The lowest BCUT2D eigenvalue weighted by atomic mass is 10.1. The maximum atomic E-state index is 13.4. The van der Waals surface area contributed by atoms with E-state index >= 15 is 0 Å². The maximum absolute atomic E-state index is 13.4. The number of hydrogen-bond acceptors (Lipinski definition) is 5. The van der Waals surface area contributed by atoms with E-state index in [1.165, 1.54) is 24.5 Å². The van der Waals surface area contributed by atoms with E-state index in [-0.39, 0.29) is 11.3 Å². The molecule has 7 nitrogen and oxygen atoms in total. The van der Waals surface area contributed by atoms with Crippen LogP contribution in [0.25, 0.3) is 22.3 Å². The molecule has 0 saturated heterocycles. The van der Waals surface area contributed by atoms with Gasteiger partial charge >= 0.3 is 5.97 Å². The molecule has 0 unspecified atom stereocenters. The predicted molar refractivity (Wildman–Crippen MR) is 113 cm³/mol. The number of benzene rings is 1. The van der Waals surface area contributed by atoms with Crippen molar-refractivity contribution in [2.45, 2.75) is 25.7 Å². The molecule has 0 amide bonds. The van der Waals surface area contributed by atoms with E-state index in [0.717, 1.165) is 22.5 Å². The van der Waals surface area contributed by atoms with Gasteiger partial charge in [0.1, 0.15) is 5.82 Å². The van der Waals surface area contributed by atoms with Crippen LogP contribution in [0.2, 0.25) is 0 Å². The van der Waals surface area contributed by atoms with Crippen molar-refractivity contribution in [3.63, 3.8) is 0 Å². The number of pyridine rings is 2. The summed E-state index contributed by atoms with van der Waals surface area (Å²) in [5.74, 6) is 0.406. The minimum atomic E-state index is -0.544. The second-order valence-electron chi connectivity index (χ2n) is 7.55. The van der Waals surface area contributed by atoms with E-state index in [1.807, 2.05) is 42.0 Å². The Hall–Kier alpha value is -3.74. The molecule has 7 heteroatoms. The molecule has 1 aromatic carbocycles. The van der Waals surface area contributed by atoms with Crippen molar-refractivity contribution < 1.29 is 9.53 Å². The molecule has 5 rings (SSSR count). The summed E-state index contributed by atoms with van der Waals surface area (Å²) >= 11 is 0. The molecule has 30 heavy (non-hydrogen) atoms. The van der Waals surface area contributed by atoms with Crippen LogP contribution in [-0.4, -0.2) is 32.2 Å². The van der Waals surface area contributed by atoms with E-state index in [2.05, 4.69) is 9.97 Å². The van der Waals surface area contributed by atoms with Crippen LogP contribution >= 0.6 is 0 Å². The number of hydrogen-bond donors (Lipinski definition) is 0. The zero-order chi connectivity index (χ0) is 20.8. The highest BCUT2D eigenvalue weighted by Crippen LogP contribution is 2.39. The molecule has 3 heterocycles. The van der Waals surface area contributed by atoms with E-state index in [0.29, 0.717) is 17.1 Å². The van der Waals surface area contributed by atoms with Crippen molar-refractivity contribution in [3.8, 4) is 11.5 Å². The predicted octanol–water partition coefficient (Wildman–Crippen LogP) is 3.54. The Bertz CT molecular complexity index is 1350. The number of rotatable bonds is 4. The molecule has 0 radical (unpaired) electrons. The van der Waals surface area contributed by atoms with Crippen LogP contribution in [0.15, 0.2) is 59.8 Å². The summed E-state index contributed by atoms with van der Waals surface area (Å²) in [6, 6.07) is 12.7. The first-order chi connectivity index (χ1) is 14.5. The molecule has 0 bridgehead atoms. The number of ether oxygens (including phenoxy) is 1. The van der Waals surface area contributed by atoms with Crippen molar-refractivity contribution in [1.82, 2.24) is 19.1 Å². The number of aromatic nitrogens is 4. The lowest BCUT2D eigenvalue weighted by Crippen LogP contribution is -2.22. The topological polar surface area (TPSA) is 79.0 Å². The molecular formula is C23H20N4O3. The molecule has 4 aromatic rings. The number of carbonyl (C=O) groups is 1. The molecule has 1 aliphatic rings. The first-order valence-electron chi connectivity index (χ1n) is 9.81. The molecular weight excluding hydrogens is 380 g/mol. The first kappa shape index (κ1) is 18.3. The molecule has 0 aliphatic heterocycles. The molecule has 0 spiro atoms. The second kappa shape index (κ2) is 6.95. The van der Waals surface area contributed by atoms with E-state index in [1.54, 1.807) is 24.5 Å². The van der Waals surface area contributed by atoms with Gasteiger partial charge in [-0.05, 0) is 55.5 Å². The summed E-state index contributed by atoms with van der Waals surface area (Å²) in [7, 11) is 1.30. The van der Waals surface area contributed by atoms with Gasteiger partial charge in [0.25, 0.3) is 5.56 Å². The van der Waals surface area contributed by atoms with Crippen LogP contribution in [0, 0.1) is 6.92 Å². The molecule has 1 fully saturated rings. The first-order valence-corrected chi connectivity index (χ1v) is 9.81. The average molecular weight is 400 g/mol. The van der Waals surface area contributed by atoms with Crippen molar-refractivity contribution in [1.29, 1.82) is 0 Å². The Balaban J connectivity index is 1.64. The van der Waals surface area contributed by atoms with Gasteiger partial charge in [-0.3, -0.25) is 9.36 Å². The zero-order valence-corrected chi connectivity index (χ0v) is 16.7. The molecule has 1 aliphatic carbocycles. The highest BCUT2D eigenvalue weighted by Gasteiger charge is 2.25. The zero-order valence-electron chi connectivity index (χ0n) is 16.7. The summed E-state index contributed by atoms with van der Waals surface area (Å²) < 4.78 is 8.22. The lowest BCUT2D eigenvalue weighted by molar-refractivity contribution is 0.0594. The number of aryl methyl sites for hydroxylation is 1. The van der Waals surface area contributed by atoms with Gasteiger partial charge in [0.05, 0.1) is 19.1 Å². The standard InChI is InChI=1S/C23H20N4O3/c1-14-10-16-8-9-17(26-12-20(24-13-26)15-6-7-15)11-18(16)22(28)27(14)21-5-3-4-19(25-21)23(29)30-2/h3-5,8-13,15H,6-7H2,1-2H3. The van der Waals surface area contributed by atoms with Gasteiger partial charge in [0, 0.05) is 28.9 Å². The number of esters is 1. The van der Waals surface area contributed by atoms with Gasteiger partial charge in [-0.25, -0.2) is 14.8 Å². The molecule has 0 N–H and O–H groups in total. The van der Waals surface area contributed by atoms with Crippen LogP contribution < -0.4 is 5.56 Å². The van der Waals surface area contributed by atoms with Crippen LogP contribution in [0.3, 0.4) is 0 Å². The average Bonchev–Trinajstić information content (AvgIpc) is 3.50. The fourth-order valence-corrected chi connectivity index (χ4v) is 3.71. The van der Waals surface area contributed by atoms with Gasteiger partial charge in [-0.1, -0.05) is 12.1 Å². The van der Waals surface area contributed by atoms with E-state index in [9.17, 15) is 9.59 Å². The molecule has 1 saturated carbocycles. The van der Waals surface area contributed by atoms with Gasteiger partial charge in [0.2, 0.25) is 0 Å². The third-order valence-corrected chi connectivity index (χ3v) is 5.44. The smallest absolute Gasteiger partial charge is 0.356 e. The molecule has 0 atom stereocenters. The SMILES string of the molecule is COC(=O)c1cccc(-n2c(C)cc3ccc(-n4cnc(C5CC5)c4)cc3c2=O)n1. The third kappa shape index (κ3) is 3.08. The van der Waals surface area contributed by atoms with Crippen molar-refractivity contribution in [3.05, 3.63) is 82.4 Å². The number of nitrogens with zero attached hydrogens (tertiary/aromatic N) is 4.